The molecule has 5 nitrogen and oxygen atoms in total. The van der Waals surface area contributed by atoms with Gasteiger partial charge >= 0.3 is 6.09 Å². The van der Waals surface area contributed by atoms with Gasteiger partial charge in [-0.2, -0.15) is 0 Å². The van der Waals surface area contributed by atoms with Gasteiger partial charge in [-0.1, -0.05) is 19.9 Å². The highest BCUT2D eigenvalue weighted by molar-refractivity contribution is 5.90. The Hall–Kier alpha value is -2.04. The summed E-state index contributed by atoms with van der Waals surface area (Å²) in [4.78, 5) is 25.3. The van der Waals surface area contributed by atoms with Gasteiger partial charge in [0.1, 0.15) is 6.10 Å². The van der Waals surface area contributed by atoms with Gasteiger partial charge in [0, 0.05) is 12.1 Å². The summed E-state index contributed by atoms with van der Waals surface area (Å²) in [6.07, 6.45) is -0.168. The van der Waals surface area contributed by atoms with Gasteiger partial charge in [0.15, 0.2) is 0 Å². The van der Waals surface area contributed by atoms with Crippen molar-refractivity contribution in [2.75, 3.05) is 18.0 Å². The number of aryl methyl sites for hydroxylation is 2. The van der Waals surface area contributed by atoms with Crippen molar-refractivity contribution in [3.8, 4) is 0 Å². The highest BCUT2D eigenvalue weighted by Crippen LogP contribution is 2.23. The molecule has 1 fully saturated rings. The molecule has 1 aromatic rings. The number of hydrogen-bond donors (Lipinski definition) is 1. The first-order valence-electron chi connectivity index (χ1n) is 7.69. The summed E-state index contributed by atoms with van der Waals surface area (Å²) in [5, 5.41) is 2.83. The molecule has 0 aromatic heterocycles. The second kappa shape index (κ2) is 6.81. The van der Waals surface area contributed by atoms with Gasteiger partial charge in [-0.3, -0.25) is 9.69 Å². The number of anilines is 1. The van der Waals surface area contributed by atoms with E-state index in [0.29, 0.717) is 25.4 Å². The van der Waals surface area contributed by atoms with E-state index in [4.69, 9.17) is 4.74 Å². The third-order valence-electron chi connectivity index (χ3n) is 3.80. The van der Waals surface area contributed by atoms with E-state index in [0.717, 1.165) is 11.3 Å². The maximum absolute atomic E-state index is 12.0. The highest BCUT2D eigenvalue weighted by Gasteiger charge is 2.32. The molecule has 2 rings (SSSR count). The summed E-state index contributed by atoms with van der Waals surface area (Å²) in [7, 11) is 0. The maximum Gasteiger partial charge on any atom is 0.414 e. The second-order valence-electron chi connectivity index (χ2n) is 6.29. The fourth-order valence-corrected chi connectivity index (χ4v) is 2.40. The first-order valence-corrected chi connectivity index (χ1v) is 7.69. The molecule has 22 heavy (non-hydrogen) atoms. The van der Waals surface area contributed by atoms with Crippen molar-refractivity contribution in [2.24, 2.45) is 5.92 Å². The van der Waals surface area contributed by atoms with E-state index in [1.807, 2.05) is 45.9 Å². The van der Waals surface area contributed by atoms with Crippen LogP contribution in [0, 0.1) is 19.8 Å². The molecule has 0 radical (unpaired) electrons. The first-order chi connectivity index (χ1) is 10.4. The molecule has 0 spiro atoms. The van der Waals surface area contributed by atoms with Crippen LogP contribution < -0.4 is 10.2 Å². The minimum Gasteiger partial charge on any atom is -0.442 e. The van der Waals surface area contributed by atoms with Crippen LogP contribution in [0.4, 0.5) is 10.5 Å². The number of rotatable bonds is 5. The second-order valence-corrected chi connectivity index (χ2v) is 6.29. The normalized spacial score (nSPS) is 17.8. The van der Waals surface area contributed by atoms with E-state index >= 15 is 0 Å². The van der Waals surface area contributed by atoms with Gasteiger partial charge < -0.3 is 10.1 Å². The van der Waals surface area contributed by atoms with Crippen LogP contribution in [0.5, 0.6) is 0 Å². The Morgan fingerprint density at radius 2 is 2.09 bits per heavy atom. The van der Waals surface area contributed by atoms with Crippen LogP contribution in [0.2, 0.25) is 0 Å². The zero-order chi connectivity index (χ0) is 16.3. The fourth-order valence-electron chi connectivity index (χ4n) is 2.40. The van der Waals surface area contributed by atoms with Crippen LogP contribution in [0.25, 0.3) is 0 Å². The summed E-state index contributed by atoms with van der Waals surface area (Å²) >= 11 is 0. The molecule has 1 unspecified atom stereocenters. The van der Waals surface area contributed by atoms with E-state index in [-0.39, 0.29) is 18.1 Å². The Labute approximate surface area is 131 Å². The zero-order valence-corrected chi connectivity index (χ0v) is 13.7. The van der Waals surface area contributed by atoms with E-state index in [2.05, 4.69) is 5.32 Å². The molecule has 1 saturated heterocycles. The summed E-state index contributed by atoms with van der Waals surface area (Å²) in [6, 6.07) is 5.90. The van der Waals surface area contributed by atoms with E-state index in [1.165, 1.54) is 5.56 Å². The van der Waals surface area contributed by atoms with Crippen molar-refractivity contribution in [3.05, 3.63) is 29.3 Å². The number of amides is 2. The van der Waals surface area contributed by atoms with Crippen LogP contribution in [0.15, 0.2) is 18.2 Å². The Bertz CT molecular complexity index is 569. The Morgan fingerprint density at radius 1 is 1.36 bits per heavy atom. The number of ether oxygens (including phenoxy) is 1. The van der Waals surface area contributed by atoms with Crippen LogP contribution >= 0.6 is 0 Å². The Morgan fingerprint density at radius 3 is 2.73 bits per heavy atom. The SMILES string of the molecule is Cc1ccc(N2CC(CNC(=O)CC(C)C)OC2=O)cc1C. The van der Waals surface area contributed by atoms with Crippen LogP contribution in [0.1, 0.15) is 31.4 Å². The molecule has 1 N–H and O–H groups in total. The molecule has 0 saturated carbocycles. The number of cyclic esters (lactones) is 1. The number of benzene rings is 1. The maximum atomic E-state index is 12.0. The number of carbonyl (C=O) groups excluding carboxylic acids is 2. The van der Waals surface area contributed by atoms with Gasteiger partial charge in [0.05, 0.1) is 13.1 Å². The number of carbonyl (C=O) groups is 2. The molecule has 0 aliphatic carbocycles. The monoisotopic (exact) mass is 304 g/mol. The van der Waals surface area contributed by atoms with E-state index < -0.39 is 0 Å². The Kier molecular flexibility index (Phi) is 5.06. The van der Waals surface area contributed by atoms with Crippen LogP contribution in [-0.2, 0) is 9.53 Å². The Balaban J connectivity index is 1.93. The van der Waals surface area contributed by atoms with Crippen molar-refractivity contribution in [3.63, 3.8) is 0 Å². The molecule has 1 heterocycles. The van der Waals surface area contributed by atoms with E-state index in [1.54, 1.807) is 4.90 Å². The van der Waals surface area contributed by atoms with Gasteiger partial charge in [0.2, 0.25) is 5.91 Å². The minimum atomic E-state index is -0.355. The lowest BCUT2D eigenvalue weighted by molar-refractivity contribution is -0.122. The number of nitrogens with zero attached hydrogens (tertiary/aromatic N) is 1. The summed E-state index contributed by atoms with van der Waals surface area (Å²) in [5.74, 6) is 0.314. The molecule has 1 atom stereocenters. The predicted octanol–water partition coefficient (Wildman–Crippen LogP) is 2.79. The lowest BCUT2D eigenvalue weighted by Gasteiger charge is -2.14. The third kappa shape index (κ3) is 4.00. The molecular weight excluding hydrogens is 280 g/mol. The van der Waals surface area contributed by atoms with Gasteiger partial charge in [-0.05, 0) is 43.0 Å². The first kappa shape index (κ1) is 16.3. The lowest BCUT2D eigenvalue weighted by Crippen LogP contribution is -2.35. The quantitative estimate of drug-likeness (QED) is 0.910. The van der Waals surface area contributed by atoms with Crippen LogP contribution in [-0.4, -0.2) is 31.2 Å². The molecule has 2 amide bonds. The number of nitrogens with one attached hydrogen (secondary N) is 1. The lowest BCUT2D eigenvalue weighted by atomic mass is 10.1. The highest BCUT2D eigenvalue weighted by atomic mass is 16.6. The van der Waals surface area contributed by atoms with Crippen molar-refractivity contribution >= 4 is 17.7 Å². The molecular formula is C17H24N2O3. The number of hydrogen-bond acceptors (Lipinski definition) is 3. The molecule has 5 heteroatoms. The van der Waals surface area contributed by atoms with Gasteiger partial charge in [0.25, 0.3) is 0 Å². The van der Waals surface area contributed by atoms with Gasteiger partial charge in [-0.25, -0.2) is 4.79 Å². The standard InChI is InChI=1S/C17H24N2O3/c1-11(2)7-16(20)18-9-15-10-19(17(21)22-15)14-6-5-12(3)13(4)8-14/h5-6,8,11,15H,7,9-10H2,1-4H3,(H,18,20). The molecule has 120 valence electrons. The smallest absolute Gasteiger partial charge is 0.414 e. The third-order valence-corrected chi connectivity index (χ3v) is 3.80. The van der Waals surface area contributed by atoms with Gasteiger partial charge in [-0.15, -0.1) is 0 Å². The van der Waals surface area contributed by atoms with Crippen molar-refractivity contribution in [1.82, 2.24) is 5.32 Å². The van der Waals surface area contributed by atoms with Crippen molar-refractivity contribution < 1.29 is 14.3 Å². The summed E-state index contributed by atoms with van der Waals surface area (Å²) < 4.78 is 5.33. The molecule has 0 bridgehead atoms. The summed E-state index contributed by atoms with van der Waals surface area (Å²) in [5.41, 5.74) is 3.16. The van der Waals surface area contributed by atoms with Crippen molar-refractivity contribution in [2.45, 2.75) is 40.2 Å². The molecule has 1 aromatic carbocycles. The largest absolute Gasteiger partial charge is 0.442 e. The minimum absolute atomic E-state index is 0.00400. The van der Waals surface area contributed by atoms with Crippen LogP contribution in [0.3, 0.4) is 0 Å². The topological polar surface area (TPSA) is 58.6 Å². The predicted molar refractivity (Wildman–Crippen MR) is 86.0 cm³/mol. The summed E-state index contributed by atoms with van der Waals surface area (Å²) in [6.45, 7) is 8.87. The fraction of sp³-hybridized carbons (Fsp3) is 0.529. The molecule has 1 aliphatic rings. The van der Waals surface area contributed by atoms with Crippen molar-refractivity contribution in [1.29, 1.82) is 0 Å². The average molecular weight is 304 g/mol. The average Bonchev–Trinajstić information content (AvgIpc) is 2.80. The zero-order valence-electron chi connectivity index (χ0n) is 13.7. The van der Waals surface area contributed by atoms with E-state index in [9.17, 15) is 9.59 Å². The molecule has 1 aliphatic heterocycles.